The van der Waals surface area contributed by atoms with Gasteiger partial charge in [0.25, 0.3) is 10.2 Å². The highest BCUT2D eigenvalue weighted by Gasteiger charge is 2.19. The highest BCUT2D eigenvalue weighted by atomic mass is 32.2. The monoisotopic (exact) mass is 265 g/mol. The number of likely N-dealkylation sites (N-methyl/N-ethyl adjacent to an activating group) is 1. The molecule has 0 aromatic heterocycles. The van der Waals surface area contributed by atoms with Gasteiger partial charge in [0.1, 0.15) is 0 Å². The van der Waals surface area contributed by atoms with E-state index in [1.165, 1.54) is 8.61 Å². The second-order valence-corrected chi connectivity index (χ2v) is 7.92. The topological polar surface area (TPSA) is 52.7 Å². The van der Waals surface area contributed by atoms with Crippen LogP contribution in [0.2, 0.25) is 0 Å². The first-order valence-electron chi connectivity index (χ1n) is 5.92. The Kier molecular flexibility index (Phi) is 6.61. The summed E-state index contributed by atoms with van der Waals surface area (Å²) >= 11 is 0. The van der Waals surface area contributed by atoms with E-state index in [2.05, 4.69) is 26.1 Å². The molecule has 0 fully saturated rings. The highest BCUT2D eigenvalue weighted by molar-refractivity contribution is 7.86. The molecular weight excluding hydrogens is 238 g/mol. The summed E-state index contributed by atoms with van der Waals surface area (Å²) in [5.41, 5.74) is 0.314. The summed E-state index contributed by atoms with van der Waals surface area (Å²) in [5, 5.41) is 3.26. The van der Waals surface area contributed by atoms with Gasteiger partial charge in [-0.3, -0.25) is 0 Å². The van der Waals surface area contributed by atoms with Crippen molar-refractivity contribution in [2.75, 3.05) is 40.8 Å². The maximum absolute atomic E-state index is 11.7. The third-order valence-corrected chi connectivity index (χ3v) is 4.40. The van der Waals surface area contributed by atoms with Gasteiger partial charge in [-0.25, -0.2) is 0 Å². The average molecular weight is 265 g/mol. The van der Waals surface area contributed by atoms with E-state index >= 15 is 0 Å². The van der Waals surface area contributed by atoms with Crippen molar-refractivity contribution in [3.05, 3.63) is 0 Å². The zero-order valence-corrected chi connectivity index (χ0v) is 12.8. The predicted octanol–water partition coefficient (Wildman–Crippen LogP) is 0.750. The van der Waals surface area contributed by atoms with Crippen LogP contribution in [0, 0.1) is 5.41 Å². The molecule has 104 valence electrons. The van der Waals surface area contributed by atoms with E-state index in [4.69, 9.17) is 0 Å². The Hall–Kier alpha value is -0.170. The van der Waals surface area contributed by atoms with Gasteiger partial charge >= 0.3 is 0 Å². The Morgan fingerprint density at radius 1 is 1.06 bits per heavy atom. The van der Waals surface area contributed by atoms with Gasteiger partial charge in [0.15, 0.2) is 0 Å². The first kappa shape index (κ1) is 16.8. The fraction of sp³-hybridized carbons (Fsp3) is 1.00. The molecule has 0 saturated carbocycles. The lowest BCUT2D eigenvalue weighted by Gasteiger charge is -2.22. The summed E-state index contributed by atoms with van der Waals surface area (Å²) in [6.07, 6.45) is 1.08. The minimum absolute atomic E-state index is 0.314. The van der Waals surface area contributed by atoms with Crippen molar-refractivity contribution >= 4 is 10.2 Å². The predicted molar refractivity (Wildman–Crippen MR) is 72.2 cm³/mol. The van der Waals surface area contributed by atoms with Gasteiger partial charge in [-0.2, -0.15) is 17.0 Å². The molecule has 0 aromatic rings. The fourth-order valence-corrected chi connectivity index (χ4v) is 2.10. The fourth-order valence-electron chi connectivity index (χ4n) is 1.22. The van der Waals surface area contributed by atoms with E-state index in [1.54, 1.807) is 21.1 Å². The van der Waals surface area contributed by atoms with E-state index in [0.717, 1.165) is 13.0 Å². The Balaban J connectivity index is 3.84. The second-order valence-electron chi connectivity index (χ2n) is 5.67. The van der Waals surface area contributed by atoms with Gasteiger partial charge in [0.2, 0.25) is 0 Å². The van der Waals surface area contributed by atoms with Crippen LogP contribution in [0.4, 0.5) is 0 Å². The zero-order valence-electron chi connectivity index (χ0n) is 11.9. The number of hydrogen-bond acceptors (Lipinski definition) is 3. The van der Waals surface area contributed by atoms with Crippen molar-refractivity contribution in [2.24, 2.45) is 5.41 Å². The summed E-state index contributed by atoms with van der Waals surface area (Å²) in [6.45, 7) is 8.66. The summed E-state index contributed by atoms with van der Waals surface area (Å²) in [5.74, 6) is 0. The van der Waals surface area contributed by atoms with Crippen molar-refractivity contribution in [2.45, 2.75) is 27.2 Å². The van der Waals surface area contributed by atoms with Gasteiger partial charge in [-0.05, 0) is 18.4 Å². The van der Waals surface area contributed by atoms with Crippen LogP contribution in [0.15, 0.2) is 0 Å². The molecule has 0 radical (unpaired) electrons. The lowest BCUT2D eigenvalue weighted by molar-refractivity contribution is 0.359. The van der Waals surface area contributed by atoms with Crippen LogP contribution in [0.5, 0.6) is 0 Å². The Bertz CT molecular complexity index is 307. The van der Waals surface area contributed by atoms with Gasteiger partial charge in [0, 0.05) is 34.2 Å². The van der Waals surface area contributed by atoms with Gasteiger partial charge in [0.05, 0.1) is 0 Å². The molecule has 0 aliphatic carbocycles. The molecule has 0 aliphatic rings. The van der Waals surface area contributed by atoms with Crippen molar-refractivity contribution in [3.8, 4) is 0 Å². The molecule has 0 rings (SSSR count). The number of nitrogens with one attached hydrogen (secondary N) is 1. The van der Waals surface area contributed by atoms with Crippen LogP contribution >= 0.6 is 0 Å². The van der Waals surface area contributed by atoms with Crippen LogP contribution in [0.25, 0.3) is 0 Å². The molecule has 0 unspecified atom stereocenters. The molecule has 5 nitrogen and oxygen atoms in total. The molecule has 0 aromatic carbocycles. The third-order valence-electron chi connectivity index (χ3n) is 2.51. The van der Waals surface area contributed by atoms with Crippen LogP contribution in [-0.2, 0) is 10.2 Å². The normalized spacial score (nSPS) is 13.6. The summed E-state index contributed by atoms with van der Waals surface area (Å²) in [4.78, 5) is 0. The molecule has 0 heterocycles. The standard InChI is InChI=1S/C11H27N3O2S/c1-11(2,3)7-8-12-9-10-14(6)17(15,16)13(4)5/h12H,7-10H2,1-6H3. The smallest absolute Gasteiger partial charge is 0.281 e. The van der Waals surface area contributed by atoms with Crippen LogP contribution in [0.3, 0.4) is 0 Å². The second kappa shape index (κ2) is 6.68. The van der Waals surface area contributed by atoms with Gasteiger partial charge in [-0.15, -0.1) is 0 Å². The lowest BCUT2D eigenvalue weighted by atomic mass is 9.92. The average Bonchev–Trinajstić information content (AvgIpc) is 2.14. The maximum Gasteiger partial charge on any atom is 0.281 e. The highest BCUT2D eigenvalue weighted by Crippen LogP contribution is 2.16. The van der Waals surface area contributed by atoms with Gasteiger partial charge < -0.3 is 5.32 Å². The van der Waals surface area contributed by atoms with Crippen molar-refractivity contribution in [1.82, 2.24) is 13.9 Å². The van der Waals surface area contributed by atoms with Crippen LogP contribution in [-0.4, -0.2) is 57.8 Å². The van der Waals surface area contributed by atoms with E-state index < -0.39 is 10.2 Å². The number of hydrogen-bond donors (Lipinski definition) is 1. The first-order valence-corrected chi connectivity index (χ1v) is 7.31. The molecule has 1 N–H and O–H groups in total. The zero-order chi connectivity index (χ0) is 13.7. The Morgan fingerprint density at radius 3 is 2.00 bits per heavy atom. The number of rotatable bonds is 7. The summed E-state index contributed by atoms with van der Waals surface area (Å²) in [7, 11) is 1.41. The third kappa shape index (κ3) is 6.98. The van der Waals surface area contributed by atoms with E-state index in [0.29, 0.717) is 18.5 Å². The maximum atomic E-state index is 11.7. The van der Waals surface area contributed by atoms with Crippen molar-refractivity contribution in [3.63, 3.8) is 0 Å². The molecule has 0 bridgehead atoms. The van der Waals surface area contributed by atoms with Crippen molar-refractivity contribution in [1.29, 1.82) is 0 Å². The molecule has 6 heteroatoms. The quantitative estimate of drug-likeness (QED) is 0.691. The van der Waals surface area contributed by atoms with Crippen LogP contribution < -0.4 is 5.32 Å². The molecule has 17 heavy (non-hydrogen) atoms. The van der Waals surface area contributed by atoms with E-state index in [9.17, 15) is 8.42 Å². The largest absolute Gasteiger partial charge is 0.315 e. The first-order chi connectivity index (χ1) is 7.57. The van der Waals surface area contributed by atoms with Crippen LogP contribution in [0.1, 0.15) is 27.2 Å². The number of nitrogens with zero attached hydrogens (tertiary/aromatic N) is 2. The SMILES string of the molecule is CN(C)S(=O)(=O)N(C)CCNCCC(C)(C)C. The summed E-state index contributed by atoms with van der Waals surface area (Å²) < 4.78 is 25.9. The van der Waals surface area contributed by atoms with E-state index in [-0.39, 0.29) is 0 Å². The minimum Gasteiger partial charge on any atom is -0.315 e. The molecular formula is C11H27N3O2S. The summed E-state index contributed by atoms with van der Waals surface area (Å²) in [6, 6.07) is 0. The Morgan fingerprint density at radius 2 is 1.59 bits per heavy atom. The molecule has 0 amide bonds. The Labute approximate surface area is 106 Å². The lowest BCUT2D eigenvalue weighted by Crippen LogP contribution is -2.41. The molecule has 0 saturated heterocycles. The molecule has 0 atom stereocenters. The minimum atomic E-state index is -3.27. The van der Waals surface area contributed by atoms with Gasteiger partial charge in [-0.1, -0.05) is 20.8 Å². The van der Waals surface area contributed by atoms with E-state index in [1.807, 2.05) is 0 Å². The molecule has 0 spiro atoms. The molecule has 0 aliphatic heterocycles. The van der Waals surface area contributed by atoms with Crippen molar-refractivity contribution < 1.29 is 8.42 Å².